The Balaban J connectivity index is 0.000000248. The van der Waals surface area contributed by atoms with Gasteiger partial charge in [0.2, 0.25) is 0 Å². The maximum Gasteiger partial charge on any atom is 0.494 e. The van der Waals surface area contributed by atoms with E-state index in [4.69, 9.17) is 18.8 Å². The number of hydrogen-bond donors (Lipinski definition) is 0. The summed E-state index contributed by atoms with van der Waals surface area (Å²) >= 11 is 3.25. The first-order valence-corrected chi connectivity index (χ1v) is 23.4. The fraction of sp³-hybridized carbons (Fsp3) is 0.529. The molecule has 5 heterocycles. The quantitative estimate of drug-likeness (QED) is 0.137. The van der Waals surface area contributed by atoms with Crippen molar-refractivity contribution in [3.63, 3.8) is 0 Å². The predicted octanol–water partition coefficient (Wildman–Crippen LogP) is 10.2. The Hall–Kier alpha value is -4.48. The third-order valence-corrected chi connectivity index (χ3v) is 12.0. The van der Waals surface area contributed by atoms with Crippen LogP contribution in [0.4, 0.5) is 18.4 Å². The molecule has 67 heavy (non-hydrogen) atoms. The first-order valence-electron chi connectivity index (χ1n) is 22.6. The van der Waals surface area contributed by atoms with Crippen LogP contribution in [-0.4, -0.2) is 124 Å². The summed E-state index contributed by atoms with van der Waals surface area (Å²) < 4.78 is 53.2. The van der Waals surface area contributed by atoms with Crippen molar-refractivity contribution in [2.75, 3.05) is 52.4 Å². The molecule has 0 unspecified atom stereocenters. The molecule has 4 aromatic rings. The number of hydrogen-bond acceptors (Lipinski definition) is 10. The van der Waals surface area contributed by atoms with Crippen LogP contribution in [0.1, 0.15) is 99.2 Å². The van der Waals surface area contributed by atoms with Gasteiger partial charge in [-0.1, -0.05) is 43.8 Å². The van der Waals surface area contributed by atoms with E-state index >= 15 is 0 Å². The summed E-state index contributed by atoms with van der Waals surface area (Å²) in [5, 5.41) is 0. The Kier molecular flexibility index (Phi) is 19.1. The minimum atomic E-state index is -0.573. The van der Waals surface area contributed by atoms with Crippen molar-refractivity contribution < 1.29 is 37.2 Å². The number of nitrogens with zero attached hydrogens (tertiary/aromatic N) is 6. The lowest BCUT2D eigenvalue weighted by molar-refractivity contribution is 0.00578. The van der Waals surface area contributed by atoms with Crippen molar-refractivity contribution >= 4 is 40.7 Å². The van der Waals surface area contributed by atoms with Crippen molar-refractivity contribution in [1.29, 1.82) is 0 Å². The van der Waals surface area contributed by atoms with Gasteiger partial charge in [-0.2, -0.15) is 0 Å². The van der Waals surface area contributed by atoms with E-state index in [1.807, 2.05) is 138 Å². The maximum atomic E-state index is 14.8. The molecule has 2 amide bonds. The molecule has 0 spiro atoms. The number of pyridine rings is 2. The summed E-state index contributed by atoms with van der Waals surface area (Å²) in [6.45, 7) is 29.0. The first kappa shape index (κ1) is 55.1. The fourth-order valence-corrected chi connectivity index (χ4v) is 7.61. The van der Waals surface area contributed by atoms with E-state index in [0.717, 1.165) is 27.2 Å². The summed E-state index contributed by atoms with van der Waals surface area (Å²) in [5.41, 5.74) is 3.55. The first-order chi connectivity index (χ1) is 30.8. The molecule has 3 fully saturated rings. The van der Waals surface area contributed by atoms with Gasteiger partial charge in [0, 0.05) is 93.5 Å². The van der Waals surface area contributed by atoms with Gasteiger partial charge in [-0.05, 0) is 141 Å². The molecule has 0 aliphatic carbocycles. The highest BCUT2D eigenvalue weighted by atomic mass is 79.9. The molecule has 3 saturated heterocycles. The van der Waals surface area contributed by atoms with E-state index in [2.05, 4.69) is 35.7 Å². The average Bonchev–Trinajstić information content (AvgIpc) is 3.44. The van der Waals surface area contributed by atoms with Gasteiger partial charge < -0.3 is 28.6 Å². The van der Waals surface area contributed by atoms with Gasteiger partial charge in [-0.15, -0.1) is 0 Å². The Morgan fingerprint density at radius 2 is 1.09 bits per heavy atom. The van der Waals surface area contributed by atoms with E-state index in [1.54, 1.807) is 21.9 Å². The number of carbonyl (C=O) groups is 2. The van der Waals surface area contributed by atoms with Crippen molar-refractivity contribution in [2.45, 2.75) is 126 Å². The molecular weight excluding hydrogens is 921 g/mol. The number of piperazine rings is 2. The topological polar surface area (TPSA) is 110 Å². The third kappa shape index (κ3) is 16.6. The van der Waals surface area contributed by atoms with Crippen molar-refractivity contribution in [1.82, 2.24) is 29.6 Å². The maximum absolute atomic E-state index is 14.8. The van der Waals surface area contributed by atoms with Crippen molar-refractivity contribution in [2.24, 2.45) is 0 Å². The van der Waals surface area contributed by atoms with Crippen LogP contribution in [0.25, 0.3) is 11.3 Å². The number of rotatable bonds is 6. The zero-order valence-corrected chi connectivity index (χ0v) is 42.4. The second-order valence-corrected chi connectivity index (χ2v) is 20.8. The van der Waals surface area contributed by atoms with Gasteiger partial charge in [0.05, 0.1) is 16.9 Å². The third-order valence-electron chi connectivity index (χ3n) is 11.5. The summed E-state index contributed by atoms with van der Waals surface area (Å²) in [7, 11) is -0.573. The number of halogens is 3. The lowest BCUT2D eigenvalue weighted by atomic mass is 9.78. The molecule has 3 aliphatic rings. The largest absolute Gasteiger partial charge is 0.494 e. The summed E-state index contributed by atoms with van der Waals surface area (Å²) in [6, 6.07) is 22.0. The Morgan fingerprint density at radius 3 is 1.48 bits per heavy atom. The molecule has 0 radical (unpaired) electrons. The van der Waals surface area contributed by atoms with Gasteiger partial charge >= 0.3 is 19.3 Å². The van der Waals surface area contributed by atoms with Crippen LogP contribution >= 0.6 is 15.9 Å². The molecule has 0 bridgehead atoms. The molecule has 7 rings (SSSR count). The van der Waals surface area contributed by atoms with Crippen LogP contribution in [0, 0.1) is 25.5 Å². The average molecular weight is 994 g/mol. The van der Waals surface area contributed by atoms with E-state index < -0.39 is 29.5 Å². The molecule has 16 heteroatoms. The second-order valence-electron chi connectivity index (χ2n) is 20.0. The Labute approximate surface area is 407 Å². The van der Waals surface area contributed by atoms with E-state index in [-0.39, 0.29) is 31.2 Å². The predicted molar refractivity (Wildman–Crippen MR) is 266 cm³/mol. The smallest absolute Gasteiger partial charge is 0.444 e. The Morgan fingerprint density at radius 1 is 0.657 bits per heavy atom. The van der Waals surface area contributed by atoms with Gasteiger partial charge in [-0.3, -0.25) is 14.8 Å². The highest BCUT2D eigenvalue weighted by molar-refractivity contribution is 9.10. The van der Waals surface area contributed by atoms with Gasteiger partial charge in [0.15, 0.2) is 0 Å². The van der Waals surface area contributed by atoms with Crippen LogP contribution in [-0.2, 0) is 31.9 Å². The van der Waals surface area contributed by atoms with Crippen LogP contribution in [0.15, 0.2) is 77.4 Å². The summed E-state index contributed by atoms with van der Waals surface area (Å²) in [5.74, 6) is -0.493. The molecule has 366 valence electrons. The highest BCUT2D eigenvalue weighted by Crippen LogP contribution is 2.36. The minimum absolute atomic E-state index is 0. The standard InChI is InChI=1S/C22H34BFN2O4.C22H28FN3O2.C6H6BrN.CH4/c1-20(2,3)28-19(27)26-12-10-25(11-13-26)15-16-8-9-17(14-18(16)24)23-29-21(4,5)22(6,7)30-23;1-16-6-5-7-20(24-16)17-8-9-18(19(23)14-17)15-25-10-12-26(13-11-25)21(27)28-22(2,3)4;1-5-3-2-4-6(7)8-5;/h8-9,14H,10-13,15H2,1-7H3;5-9,14H,10-13,15H2,1-4H3;2-4H,1H3;1H4. The highest BCUT2D eigenvalue weighted by Gasteiger charge is 2.51. The molecule has 12 nitrogen and oxygen atoms in total. The lowest BCUT2D eigenvalue weighted by Crippen LogP contribution is -2.49. The number of ether oxygens (including phenoxy) is 2. The second kappa shape index (κ2) is 23.2. The van der Waals surface area contributed by atoms with Crippen molar-refractivity contribution in [3.05, 3.63) is 112 Å². The lowest BCUT2D eigenvalue weighted by Gasteiger charge is -2.35. The van der Waals surface area contributed by atoms with Gasteiger partial charge in [0.1, 0.15) is 27.4 Å². The van der Waals surface area contributed by atoms with E-state index in [9.17, 15) is 18.4 Å². The molecule has 2 aromatic heterocycles. The molecule has 0 saturated carbocycles. The van der Waals surface area contributed by atoms with Gasteiger partial charge in [-0.25, -0.2) is 23.4 Å². The molecular formula is C51H72BBrF2N6O6. The van der Waals surface area contributed by atoms with Crippen molar-refractivity contribution in [3.8, 4) is 11.3 Å². The van der Waals surface area contributed by atoms with Crippen LogP contribution < -0.4 is 5.46 Å². The van der Waals surface area contributed by atoms with Crippen LogP contribution in [0.3, 0.4) is 0 Å². The number of benzene rings is 2. The number of carbonyl (C=O) groups excluding carboxylic acids is 2. The SMILES string of the molecule is C.CC(C)(C)OC(=O)N1CCN(Cc2ccc(B3OC(C)(C)C(C)(C)O3)cc2F)CC1.Cc1cccc(-c2ccc(CN3CCN(C(=O)OC(C)(C)C)CC3)c(F)c2)n1.Cc1cccc(Br)n1. The minimum Gasteiger partial charge on any atom is -0.444 e. The summed E-state index contributed by atoms with van der Waals surface area (Å²) in [6.07, 6.45) is -0.576. The van der Waals surface area contributed by atoms with Gasteiger partial charge in [0.25, 0.3) is 0 Å². The zero-order chi connectivity index (χ0) is 48.6. The molecule has 3 aliphatic heterocycles. The van der Waals surface area contributed by atoms with Crippen LogP contribution in [0.5, 0.6) is 0 Å². The van der Waals surface area contributed by atoms with Crippen LogP contribution in [0.2, 0.25) is 0 Å². The molecule has 0 N–H and O–H groups in total. The monoisotopic (exact) mass is 992 g/mol. The summed E-state index contributed by atoms with van der Waals surface area (Å²) in [4.78, 5) is 40.6. The fourth-order valence-electron chi connectivity index (χ4n) is 7.18. The van der Waals surface area contributed by atoms with E-state index in [0.29, 0.717) is 82.0 Å². The number of aryl methyl sites for hydroxylation is 2. The normalized spacial score (nSPS) is 17.3. The number of aromatic nitrogens is 2. The molecule has 0 atom stereocenters. The number of amides is 2. The molecule has 2 aromatic carbocycles. The van der Waals surface area contributed by atoms with E-state index in [1.165, 1.54) is 6.07 Å². The Bertz CT molecular complexity index is 2240. The zero-order valence-electron chi connectivity index (χ0n) is 40.8.